The number of hydrogen-bond donors (Lipinski definition) is 0. The lowest BCUT2D eigenvalue weighted by molar-refractivity contribution is 0.410. The highest BCUT2D eigenvalue weighted by Gasteiger charge is 2.08. The molecule has 5 heteroatoms. The zero-order valence-electron chi connectivity index (χ0n) is 9.01. The minimum atomic E-state index is 0.470. The summed E-state index contributed by atoms with van der Waals surface area (Å²) in [5.74, 6) is 1.18. The number of nitrogens with zero attached hydrogens (tertiary/aromatic N) is 4. The number of aryl methyl sites for hydroxylation is 1. The normalized spacial score (nSPS) is 9.81. The molecule has 0 unspecified atom stereocenters. The fraction of sp³-hybridized carbons (Fsp3) is 0.182. The summed E-state index contributed by atoms with van der Waals surface area (Å²) in [7, 11) is 1.55. The van der Waals surface area contributed by atoms with Crippen LogP contribution in [0.5, 0.6) is 5.75 Å². The average Bonchev–Trinajstić information content (AvgIpc) is 2.74. The highest BCUT2D eigenvalue weighted by Crippen LogP contribution is 2.21. The molecule has 0 N–H and O–H groups in total. The van der Waals surface area contributed by atoms with Crippen molar-refractivity contribution in [2.45, 2.75) is 6.92 Å². The highest BCUT2D eigenvalue weighted by atomic mass is 16.5. The Labute approximate surface area is 92.9 Å². The van der Waals surface area contributed by atoms with E-state index in [1.807, 2.05) is 19.2 Å². The van der Waals surface area contributed by atoms with Crippen molar-refractivity contribution in [2.24, 2.45) is 0 Å². The van der Waals surface area contributed by atoms with Gasteiger partial charge in [-0.1, -0.05) is 0 Å². The lowest BCUT2D eigenvalue weighted by Crippen LogP contribution is -1.99. The average molecular weight is 214 g/mol. The molecular formula is C11H10N4O. The van der Waals surface area contributed by atoms with E-state index in [4.69, 9.17) is 10.00 Å². The van der Waals surface area contributed by atoms with Crippen LogP contribution in [0.15, 0.2) is 24.8 Å². The first kappa shape index (κ1) is 10.2. The summed E-state index contributed by atoms with van der Waals surface area (Å²) in [4.78, 5) is 8.29. The summed E-state index contributed by atoms with van der Waals surface area (Å²) >= 11 is 0. The van der Waals surface area contributed by atoms with Gasteiger partial charge in [0.25, 0.3) is 0 Å². The standard InChI is InChI=1S/C11H10N4O/c1-8-6-15(7-14-8)11-10(16-2)3-9(4-12)5-13-11/h3,5-7H,1-2H3. The molecule has 16 heavy (non-hydrogen) atoms. The fourth-order valence-corrected chi connectivity index (χ4v) is 1.38. The first-order valence-corrected chi connectivity index (χ1v) is 4.69. The van der Waals surface area contributed by atoms with Gasteiger partial charge in [-0.2, -0.15) is 5.26 Å². The largest absolute Gasteiger partial charge is 0.493 e. The first-order valence-electron chi connectivity index (χ1n) is 4.69. The Kier molecular flexibility index (Phi) is 2.56. The van der Waals surface area contributed by atoms with Crippen LogP contribution in [0, 0.1) is 18.3 Å². The van der Waals surface area contributed by atoms with E-state index in [1.54, 1.807) is 24.1 Å². The number of rotatable bonds is 2. The molecule has 80 valence electrons. The van der Waals surface area contributed by atoms with Crippen molar-refractivity contribution in [3.63, 3.8) is 0 Å². The van der Waals surface area contributed by atoms with Crippen LogP contribution in [-0.2, 0) is 0 Å². The number of imidazole rings is 1. The van der Waals surface area contributed by atoms with E-state index in [1.165, 1.54) is 6.20 Å². The van der Waals surface area contributed by atoms with Crippen LogP contribution >= 0.6 is 0 Å². The third-order valence-corrected chi connectivity index (χ3v) is 2.14. The second-order valence-corrected chi connectivity index (χ2v) is 3.28. The van der Waals surface area contributed by atoms with Crippen LogP contribution in [0.2, 0.25) is 0 Å². The van der Waals surface area contributed by atoms with E-state index >= 15 is 0 Å². The molecule has 0 spiro atoms. The van der Waals surface area contributed by atoms with E-state index in [0.717, 1.165) is 5.69 Å². The number of methoxy groups -OCH3 is 1. The molecule has 5 nitrogen and oxygen atoms in total. The molecule has 0 aliphatic carbocycles. The molecule has 0 aromatic carbocycles. The lowest BCUT2D eigenvalue weighted by atomic mass is 10.3. The summed E-state index contributed by atoms with van der Waals surface area (Å²) < 4.78 is 6.95. The van der Waals surface area contributed by atoms with Crippen LogP contribution in [0.1, 0.15) is 11.3 Å². The molecule has 0 aliphatic rings. The molecule has 0 bridgehead atoms. The molecule has 0 amide bonds. The molecule has 0 saturated carbocycles. The van der Waals surface area contributed by atoms with Gasteiger partial charge in [0, 0.05) is 18.5 Å². The minimum absolute atomic E-state index is 0.470. The highest BCUT2D eigenvalue weighted by molar-refractivity contribution is 5.45. The van der Waals surface area contributed by atoms with Gasteiger partial charge in [0.05, 0.1) is 18.4 Å². The number of pyridine rings is 1. The Balaban J connectivity index is 2.53. The number of nitriles is 1. The number of hydrogen-bond acceptors (Lipinski definition) is 4. The van der Waals surface area contributed by atoms with Crippen LogP contribution in [-0.4, -0.2) is 21.6 Å². The van der Waals surface area contributed by atoms with Crippen LogP contribution in [0.25, 0.3) is 5.82 Å². The van der Waals surface area contributed by atoms with Gasteiger partial charge in [0.15, 0.2) is 11.6 Å². The van der Waals surface area contributed by atoms with Crippen molar-refractivity contribution in [3.8, 4) is 17.6 Å². The van der Waals surface area contributed by atoms with E-state index in [0.29, 0.717) is 17.1 Å². The fourth-order valence-electron chi connectivity index (χ4n) is 1.38. The van der Waals surface area contributed by atoms with Gasteiger partial charge >= 0.3 is 0 Å². The summed E-state index contributed by atoms with van der Waals surface area (Å²) in [5, 5.41) is 8.76. The second kappa shape index (κ2) is 4.03. The van der Waals surface area contributed by atoms with Crippen LogP contribution in [0.3, 0.4) is 0 Å². The smallest absolute Gasteiger partial charge is 0.180 e. The van der Waals surface area contributed by atoms with Crippen molar-refractivity contribution < 1.29 is 4.74 Å². The van der Waals surface area contributed by atoms with Gasteiger partial charge in [-0.25, -0.2) is 9.97 Å². The van der Waals surface area contributed by atoms with Crippen molar-refractivity contribution in [1.82, 2.24) is 14.5 Å². The van der Waals surface area contributed by atoms with Crippen molar-refractivity contribution in [2.75, 3.05) is 7.11 Å². The lowest BCUT2D eigenvalue weighted by Gasteiger charge is -2.07. The Morgan fingerprint density at radius 1 is 1.44 bits per heavy atom. The molecule has 0 aliphatic heterocycles. The van der Waals surface area contributed by atoms with Crippen LogP contribution in [0.4, 0.5) is 0 Å². The maximum Gasteiger partial charge on any atom is 0.180 e. The van der Waals surface area contributed by atoms with Gasteiger partial charge in [-0.3, -0.25) is 4.57 Å². The summed E-state index contributed by atoms with van der Waals surface area (Å²) in [6.07, 6.45) is 5.01. The summed E-state index contributed by atoms with van der Waals surface area (Å²) in [6, 6.07) is 3.67. The third kappa shape index (κ3) is 1.73. The Bertz CT molecular complexity index is 553. The van der Waals surface area contributed by atoms with Crippen molar-refractivity contribution in [3.05, 3.63) is 36.0 Å². The van der Waals surface area contributed by atoms with Gasteiger partial charge in [0.1, 0.15) is 12.4 Å². The quantitative estimate of drug-likeness (QED) is 0.759. The zero-order valence-corrected chi connectivity index (χ0v) is 9.01. The van der Waals surface area contributed by atoms with E-state index < -0.39 is 0 Å². The summed E-state index contributed by atoms with van der Waals surface area (Å²) in [5.41, 5.74) is 1.37. The molecule has 0 saturated heterocycles. The molecule has 0 radical (unpaired) electrons. The molecule has 2 aromatic rings. The SMILES string of the molecule is COc1cc(C#N)cnc1-n1cnc(C)c1. The van der Waals surface area contributed by atoms with E-state index in [2.05, 4.69) is 9.97 Å². The first-order chi connectivity index (χ1) is 7.74. The molecule has 2 heterocycles. The Morgan fingerprint density at radius 2 is 2.25 bits per heavy atom. The number of ether oxygens (including phenoxy) is 1. The van der Waals surface area contributed by atoms with Gasteiger partial charge < -0.3 is 4.74 Å². The molecular weight excluding hydrogens is 204 g/mol. The van der Waals surface area contributed by atoms with Gasteiger partial charge in [-0.15, -0.1) is 0 Å². The predicted octanol–water partition coefficient (Wildman–Crippen LogP) is 1.46. The van der Waals surface area contributed by atoms with Crippen LogP contribution < -0.4 is 4.74 Å². The molecule has 2 rings (SSSR count). The van der Waals surface area contributed by atoms with Gasteiger partial charge in [-0.05, 0) is 6.92 Å². The topological polar surface area (TPSA) is 63.7 Å². The molecule has 0 fully saturated rings. The Hall–Kier alpha value is -2.35. The monoisotopic (exact) mass is 214 g/mol. The van der Waals surface area contributed by atoms with Crippen molar-refractivity contribution in [1.29, 1.82) is 5.26 Å². The van der Waals surface area contributed by atoms with E-state index in [-0.39, 0.29) is 0 Å². The minimum Gasteiger partial charge on any atom is -0.493 e. The van der Waals surface area contributed by atoms with Gasteiger partial charge in [0.2, 0.25) is 0 Å². The third-order valence-electron chi connectivity index (χ3n) is 2.14. The Morgan fingerprint density at radius 3 is 2.81 bits per heavy atom. The number of aromatic nitrogens is 3. The zero-order chi connectivity index (χ0) is 11.5. The van der Waals surface area contributed by atoms with E-state index in [9.17, 15) is 0 Å². The molecule has 2 aromatic heterocycles. The van der Waals surface area contributed by atoms with Crippen molar-refractivity contribution >= 4 is 0 Å². The predicted molar refractivity (Wildman–Crippen MR) is 57.4 cm³/mol. The maximum absolute atomic E-state index is 8.76. The molecule has 0 atom stereocenters. The second-order valence-electron chi connectivity index (χ2n) is 3.28. The maximum atomic E-state index is 8.76. The summed E-state index contributed by atoms with van der Waals surface area (Å²) in [6.45, 7) is 1.90.